The lowest BCUT2D eigenvalue weighted by atomic mass is 10.0. The number of ether oxygens (including phenoxy) is 1. The Balaban J connectivity index is 2.17. The second-order valence-corrected chi connectivity index (χ2v) is 7.75. The van der Waals surface area contributed by atoms with Crippen LogP contribution in [-0.4, -0.2) is 32.2 Å². The van der Waals surface area contributed by atoms with Crippen LogP contribution in [0.1, 0.15) is 30.9 Å². The Labute approximate surface area is 130 Å². The summed E-state index contributed by atoms with van der Waals surface area (Å²) < 4.78 is 33.0. The van der Waals surface area contributed by atoms with Crippen LogP contribution >= 0.6 is 12.2 Å². The minimum absolute atomic E-state index is 0.240. The molecule has 1 unspecified atom stereocenters. The van der Waals surface area contributed by atoms with Gasteiger partial charge < -0.3 is 10.5 Å². The van der Waals surface area contributed by atoms with Crippen molar-refractivity contribution in [3.8, 4) is 0 Å². The van der Waals surface area contributed by atoms with Gasteiger partial charge in [0.15, 0.2) is 0 Å². The lowest BCUT2D eigenvalue weighted by molar-refractivity contribution is 0.0250. The average Bonchev–Trinajstić information content (AvgIpc) is 2.84. The van der Waals surface area contributed by atoms with E-state index in [4.69, 9.17) is 22.7 Å². The van der Waals surface area contributed by atoms with Crippen molar-refractivity contribution < 1.29 is 13.2 Å². The van der Waals surface area contributed by atoms with Gasteiger partial charge in [-0.15, -0.1) is 0 Å². The number of hydrogen-bond donors (Lipinski definition) is 2. The van der Waals surface area contributed by atoms with Crippen molar-refractivity contribution in [1.29, 1.82) is 0 Å². The van der Waals surface area contributed by atoms with Crippen LogP contribution in [-0.2, 0) is 14.8 Å². The quantitative estimate of drug-likeness (QED) is 0.800. The van der Waals surface area contributed by atoms with Gasteiger partial charge in [0.1, 0.15) is 4.99 Å². The van der Waals surface area contributed by atoms with E-state index in [1.54, 1.807) is 19.1 Å². The van der Waals surface area contributed by atoms with E-state index in [9.17, 15) is 8.42 Å². The monoisotopic (exact) mass is 328 g/mol. The summed E-state index contributed by atoms with van der Waals surface area (Å²) in [4.78, 5) is 0.492. The maximum atomic E-state index is 12.4. The van der Waals surface area contributed by atoms with Crippen molar-refractivity contribution in [2.75, 3.05) is 13.2 Å². The van der Waals surface area contributed by atoms with Gasteiger partial charge in [-0.1, -0.05) is 18.3 Å². The summed E-state index contributed by atoms with van der Waals surface area (Å²) >= 11 is 4.89. The fraction of sp³-hybridized carbons (Fsp3) is 0.500. The van der Waals surface area contributed by atoms with Crippen LogP contribution in [0.15, 0.2) is 23.1 Å². The van der Waals surface area contributed by atoms with Crippen molar-refractivity contribution in [2.24, 2.45) is 5.73 Å². The van der Waals surface area contributed by atoms with Crippen LogP contribution in [0.3, 0.4) is 0 Å². The van der Waals surface area contributed by atoms with Crippen LogP contribution < -0.4 is 10.5 Å². The number of rotatable bonds is 5. The van der Waals surface area contributed by atoms with Crippen molar-refractivity contribution in [1.82, 2.24) is 4.72 Å². The molecule has 21 heavy (non-hydrogen) atoms. The molecular weight excluding hydrogens is 308 g/mol. The van der Waals surface area contributed by atoms with Gasteiger partial charge in [0.2, 0.25) is 10.0 Å². The van der Waals surface area contributed by atoms with E-state index in [1.807, 2.05) is 6.92 Å². The molecule has 0 bridgehead atoms. The largest absolute Gasteiger partial charge is 0.389 e. The molecule has 1 aliphatic rings. The third kappa shape index (κ3) is 3.79. The molecule has 1 aromatic rings. The fourth-order valence-electron chi connectivity index (χ4n) is 2.41. The molecule has 1 fully saturated rings. The SMILES string of the molecule is Cc1cc(C(N)=S)ccc1S(=O)(=O)NCC1(C)CCCO1. The zero-order valence-corrected chi connectivity index (χ0v) is 13.8. The van der Waals surface area contributed by atoms with E-state index in [0.717, 1.165) is 12.8 Å². The molecule has 0 amide bonds. The summed E-state index contributed by atoms with van der Waals surface area (Å²) in [6.45, 7) is 4.60. The molecule has 1 saturated heterocycles. The number of aryl methyl sites for hydroxylation is 1. The third-order valence-electron chi connectivity index (χ3n) is 3.69. The van der Waals surface area contributed by atoms with Crippen molar-refractivity contribution >= 4 is 27.2 Å². The molecule has 0 aliphatic carbocycles. The number of nitrogens with one attached hydrogen (secondary N) is 1. The molecule has 1 aliphatic heterocycles. The van der Waals surface area contributed by atoms with Crippen molar-refractivity contribution in [3.05, 3.63) is 29.3 Å². The Hall–Kier alpha value is -1.02. The molecule has 5 nitrogen and oxygen atoms in total. The van der Waals surface area contributed by atoms with Gasteiger partial charge in [-0.25, -0.2) is 13.1 Å². The van der Waals surface area contributed by atoms with Crippen LogP contribution in [0.5, 0.6) is 0 Å². The standard InChI is InChI=1S/C14H20N2O3S2/c1-10-8-11(13(15)20)4-5-12(10)21(17,18)16-9-14(2)6-3-7-19-14/h4-5,8,16H,3,6-7,9H2,1-2H3,(H2,15,20). The Morgan fingerprint density at radius 1 is 1.52 bits per heavy atom. The lowest BCUT2D eigenvalue weighted by Gasteiger charge is -2.23. The summed E-state index contributed by atoms with van der Waals surface area (Å²) in [6, 6.07) is 4.84. The zero-order chi connectivity index (χ0) is 15.7. The van der Waals surface area contributed by atoms with Gasteiger partial charge in [-0.2, -0.15) is 0 Å². The molecular formula is C14H20N2O3S2. The first-order chi connectivity index (χ1) is 9.73. The molecule has 0 spiro atoms. The maximum Gasteiger partial charge on any atom is 0.240 e. The first kappa shape index (κ1) is 16.4. The summed E-state index contributed by atoms with van der Waals surface area (Å²) in [5, 5.41) is 0. The highest BCUT2D eigenvalue weighted by Crippen LogP contribution is 2.25. The molecule has 0 radical (unpaired) electrons. The van der Waals surface area contributed by atoms with Gasteiger partial charge in [0.25, 0.3) is 0 Å². The van der Waals surface area contributed by atoms with E-state index in [-0.39, 0.29) is 16.4 Å². The zero-order valence-electron chi connectivity index (χ0n) is 12.2. The molecule has 1 aromatic carbocycles. The molecule has 0 aromatic heterocycles. The van der Waals surface area contributed by atoms with E-state index in [0.29, 0.717) is 17.7 Å². The van der Waals surface area contributed by atoms with E-state index >= 15 is 0 Å². The number of sulfonamides is 1. The summed E-state index contributed by atoms with van der Waals surface area (Å²) in [6.07, 6.45) is 1.81. The van der Waals surface area contributed by atoms with Crippen LogP contribution in [0.4, 0.5) is 0 Å². The molecule has 7 heteroatoms. The van der Waals surface area contributed by atoms with Crippen molar-refractivity contribution in [2.45, 2.75) is 37.2 Å². The molecule has 2 rings (SSSR count). The second-order valence-electron chi connectivity index (χ2n) is 5.57. The maximum absolute atomic E-state index is 12.4. The minimum Gasteiger partial charge on any atom is -0.389 e. The summed E-state index contributed by atoms with van der Waals surface area (Å²) in [5.41, 5.74) is 6.41. The van der Waals surface area contributed by atoms with Crippen LogP contribution in [0.2, 0.25) is 0 Å². The van der Waals surface area contributed by atoms with E-state index < -0.39 is 15.6 Å². The van der Waals surface area contributed by atoms with Crippen molar-refractivity contribution in [3.63, 3.8) is 0 Å². The normalized spacial score (nSPS) is 22.4. The lowest BCUT2D eigenvalue weighted by Crippen LogP contribution is -2.40. The van der Waals surface area contributed by atoms with Gasteiger partial charge in [0, 0.05) is 18.7 Å². The fourth-order valence-corrected chi connectivity index (χ4v) is 3.91. The second kappa shape index (κ2) is 6.00. The summed E-state index contributed by atoms with van der Waals surface area (Å²) in [7, 11) is -3.57. The first-order valence-electron chi connectivity index (χ1n) is 6.78. The predicted octanol–water partition coefficient (Wildman–Crippen LogP) is 1.48. The van der Waals surface area contributed by atoms with Crippen LogP contribution in [0, 0.1) is 6.92 Å². The molecule has 116 valence electrons. The predicted molar refractivity (Wildman–Crippen MR) is 85.8 cm³/mol. The van der Waals surface area contributed by atoms with E-state index in [1.165, 1.54) is 6.07 Å². The van der Waals surface area contributed by atoms with E-state index in [2.05, 4.69) is 4.72 Å². The Kier molecular flexibility index (Phi) is 4.67. The first-order valence-corrected chi connectivity index (χ1v) is 8.67. The summed E-state index contributed by atoms with van der Waals surface area (Å²) in [5.74, 6) is 0. The third-order valence-corrected chi connectivity index (χ3v) is 5.48. The topological polar surface area (TPSA) is 81.4 Å². The average molecular weight is 328 g/mol. The Morgan fingerprint density at radius 2 is 2.24 bits per heavy atom. The molecule has 0 saturated carbocycles. The number of nitrogens with two attached hydrogens (primary N) is 1. The molecule has 3 N–H and O–H groups in total. The number of benzene rings is 1. The highest BCUT2D eigenvalue weighted by Gasteiger charge is 2.31. The highest BCUT2D eigenvalue weighted by atomic mass is 32.2. The van der Waals surface area contributed by atoms with Gasteiger partial charge in [-0.3, -0.25) is 0 Å². The number of hydrogen-bond acceptors (Lipinski definition) is 4. The molecule has 1 atom stereocenters. The minimum atomic E-state index is -3.57. The Bertz CT molecular complexity index is 650. The van der Waals surface area contributed by atoms with Gasteiger partial charge in [0.05, 0.1) is 10.5 Å². The van der Waals surface area contributed by atoms with Crippen LogP contribution in [0.25, 0.3) is 0 Å². The van der Waals surface area contributed by atoms with Gasteiger partial charge in [-0.05, 0) is 44.4 Å². The van der Waals surface area contributed by atoms with Gasteiger partial charge >= 0.3 is 0 Å². The number of thiocarbonyl (C=S) groups is 1. The molecule has 1 heterocycles. The highest BCUT2D eigenvalue weighted by molar-refractivity contribution is 7.89. The Morgan fingerprint density at radius 3 is 2.76 bits per heavy atom. The smallest absolute Gasteiger partial charge is 0.240 e.